The number of hydrogen-bond acceptors (Lipinski definition) is 3. The third-order valence-electron chi connectivity index (χ3n) is 3.45. The van der Waals surface area contributed by atoms with Crippen LogP contribution in [0.4, 0.5) is 0 Å². The minimum absolute atomic E-state index is 0.0414. The first-order valence-corrected chi connectivity index (χ1v) is 8.41. The Labute approximate surface area is 146 Å². The zero-order valence-corrected chi connectivity index (χ0v) is 15.2. The van der Waals surface area contributed by atoms with Crippen molar-refractivity contribution < 1.29 is 0 Å². The summed E-state index contributed by atoms with van der Waals surface area (Å²) in [4.78, 5) is 0. The van der Waals surface area contributed by atoms with Crippen LogP contribution in [0.15, 0.2) is 78.7 Å². The topological polar surface area (TPSA) is 24.1 Å². The standard InChI is InChI=1S/C20H28N2S/c1-6-11-19(7-2)15(3)22-20(16(4)21-17(5)23)14-18-12-9-8-10-13-18/h6-13,17,20-23H,3-4,14H2,1-2,5H3/b11-6-,19-7+/t17?,20-/m0/s1. The Balaban J connectivity index is 2.90. The van der Waals surface area contributed by atoms with Crippen LogP contribution < -0.4 is 10.6 Å². The van der Waals surface area contributed by atoms with Gasteiger partial charge in [0.25, 0.3) is 0 Å². The van der Waals surface area contributed by atoms with Crippen LogP contribution in [0.2, 0.25) is 0 Å². The van der Waals surface area contributed by atoms with Crippen molar-refractivity contribution in [2.75, 3.05) is 0 Å². The van der Waals surface area contributed by atoms with Gasteiger partial charge in [0.05, 0.1) is 11.4 Å². The molecule has 0 saturated heterocycles. The van der Waals surface area contributed by atoms with Crippen molar-refractivity contribution in [2.45, 2.75) is 38.6 Å². The van der Waals surface area contributed by atoms with E-state index in [2.05, 4.69) is 60.7 Å². The summed E-state index contributed by atoms with van der Waals surface area (Å²) < 4.78 is 0. The van der Waals surface area contributed by atoms with Gasteiger partial charge in [-0.2, -0.15) is 12.6 Å². The first-order chi connectivity index (χ1) is 11.0. The van der Waals surface area contributed by atoms with Crippen molar-refractivity contribution in [2.24, 2.45) is 0 Å². The molecule has 2 nitrogen and oxygen atoms in total. The van der Waals surface area contributed by atoms with Crippen LogP contribution in [0.1, 0.15) is 26.3 Å². The van der Waals surface area contributed by atoms with Crippen molar-refractivity contribution in [3.05, 3.63) is 84.2 Å². The molecule has 0 aliphatic carbocycles. The van der Waals surface area contributed by atoms with Crippen molar-refractivity contribution in [3.8, 4) is 0 Å². The van der Waals surface area contributed by atoms with E-state index in [1.807, 2.05) is 45.1 Å². The van der Waals surface area contributed by atoms with Crippen LogP contribution in [0.25, 0.3) is 0 Å². The van der Waals surface area contributed by atoms with Crippen LogP contribution in [-0.4, -0.2) is 11.4 Å². The Hall–Kier alpha value is -1.87. The van der Waals surface area contributed by atoms with E-state index in [4.69, 9.17) is 0 Å². The molecule has 0 aromatic heterocycles. The molecule has 2 N–H and O–H groups in total. The van der Waals surface area contributed by atoms with Crippen molar-refractivity contribution in [3.63, 3.8) is 0 Å². The molecular formula is C20H28N2S. The lowest BCUT2D eigenvalue weighted by molar-refractivity contribution is 0.588. The van der Waals surface area contributed by atoms with Gasteiger partial charge >= 0.3 is 0 Å². The summed E-state index contributed by atoms with van der Waals surface area (Å²) >= 11 is 4.40. The molecular weight excluding hydrogens is 300 g/mol. The van der Waals surface area contributed by atoms with E-state index in [9.17, 15) is 0 Å². The number of allylic oxidation sites excluding steroid dienone is 3. The number of rotatable bonds is 9. The first kappa shape index (κ1) is 19.2. The third-order valence-corrected chi connectivity index (χ3v) is 3.58. The van der Waals surface area contributed by atoms with E-state index in [0.29, 0.717) is 0 Å². The van der Waals surface area contributed by atoms with E-state index in [1.165, 1.54) is 5.56 Å². The van der Waals surface area contributed by atoms with Gasteiger partial charge in [-0.15, -0.1) is 0 Å². The molecule has 23 heavy (non-hydrogen) atoms. The fourth-order valence-corrected chi connectivity index (χ4v) is 2.49. The summed E-state index contributed by atoms with van der Waals surface area (Å²) in [6.07, 6.45) is 6.94. The van der Waals surface area contributed by atoms with Crippen LogP contribution in [-0.2, 0) is 6.42 Å². The highest BCUT2D eigenvalue weighted by atomic mass is 32.1. The van der Waals surface area contributed by atoms with Gasteiger partial charge in [-0.3, -0.25) is 0 Å². The van der Waals surface area contributed by atoms with Crippen LogP contribution >= 0.6 is 12.6 Å². The van der Waals surface area contributed by atoms with Gasteiger partial charge in [-0.1, -0.05) is 61.7 Å². The molecule has 0 radical (unpaired) electrons. The lowest BCUT2D eigenvalue weighted by Gasteiger charge is -2.26. The second-order valence-corrected chi connectivity index (χ2v) is 6.23. The fraction of sp³-hybridized carbons (Fsp3) is 0.300. The van der Waals surface area contributed by atoms with Crippen LogP contribution in [0, 0.1) is 0 Å². The second-order valence-electron chi connectivity index (χ2n) is 5.45. The Morgan fingerprint density at radius 1 is 1.17 bits per heavy atom. The minimum Gasteiger partial charge on any atom is -0.376 e. The minimum atomic E-state index is 0.0414. The fourth-order valence-electron chi connectivity index (χ4n) is 2.32. The zero-order chi connectivity index (χ0) is 17.2. The van der Waals surface area contributed by atoms with Gasteiger partial charge in [0.2, 0.25) is 0 Å². The van der Waals surface area contributed by atoms with E-state index in [-0.39, 0.29) is 11.4 Å². The molecule has 0 bridgehead atoms. The summed E-state index contributed by atoms with van der Waals surface area (Å²) in [6.45, 7) is 14.3. The Kier molecular flexibility index (Phi) is 8.35. The van der Waals surface area contributed by atoms with E-state index >= 15 is 0 Å². The monoisotopic (exact) mass is 328 g/mol. The molecule has 0 fully saturated rings. The maximum absolute atomic E-state index is 4.40. The van der Waals surface area contributed by atoms with E-state index in [0.717, 1.165) is 23.4 Å². The lowest BCUT2D eigenvalue weighted by Crippen LogP contribution is -2.39. The highest BCUT2D eigenvalue weighted by molar-refractivity contribution is 7.80. The molecule has 1 unspecified atom stereocenters. The average Bonchev–Trinajstić information content (AvgIpc) is 2.52. The molecule has 3 heteroatoms. The normalized spacial score (nSPS) is 14.3. The van der Waals surface area contributed by atoms with Crippen molar-refractivity contribution in [1.29, 1.82) is 0 Å². The van der Waals surface area contributed by atoms with Gasteiger partial charge in [-0.05, 0) is 38.3 Å². The SMILES string of the molecule is C=C(N[C@@H](Cc1ccccc1)C(=C)NC(C)S)C(/C=C\C)=C/C. The van der Waals surface area contributed by atoms with Gasteiger partial charge < -0.3 is 10.6 Å². The molecule has 0 amide bonds. The molecule has 0 heterocycles. The molecule has 2 atom stereocenters. The van der Waals surface area contributed by atoms with Gasteiger partial charge in [0.15, 0.2) is 0 Å². The molecule has 1 rings (SSSR count). The van der Waals surface area contributed by atoms with E-state index < -0.39 is 0 Å². The first-order valence-electron chi connectivity index (χ1n) is 7.90. The summed E-state index contributed by atoms with van der Waals surface area (Å²) in [7, 11) is 0. The molecule has 124 valence electrons. The lowest BCUT2D eigenvalue weighted by atomic mass is 10.0. The second kappa shape index (κ2) is 10.0. The molecule has 0 spiro atoms. The average molecular weight is 329 g/mol. The Morgan fingerprint density at radius 3 is 2.35 bits per heavy atom. The number of hydrogen-bond donors (Lipinski definition) is 3. The largest absolute Gasteiger partial charge is 0.376 e. The molecule has 1 aromatic carbocycles. The number of nitrogens with one attached hydrogen (secondary N) is 2. The maximum atomic E-state index is 4.40. The quantitative estimate of drug-likeness (QED) is 0.350. The van der Waals surface area contributed by atoms with E-state index in [1.54, 1.807) is 0 Å². The molecule has 0 saturated carbocycles. The van der Waals surface area contributed by atoms with Gasteiger partial charge in [0, 0.05) is 11.4 Å². The number of thiol groups is 1. The Bertz CT molecular complexity index is 571. The van der Waals surface area contributed by atoms with Gasteiger partial charge in [0.1, 0.15) is 0 Å². The highest BCUT2D eigenvalue weighted by Crippen LogP contribution is 2.14. The zero-order valence-electron chi connectivity index (χ0n) is 14.3. The summed E-state index contributed by atoms with van der Waals surface area (Å²) in [5.74, 6) is 0. The Morgan fingerprint density at radius 2 is 1.83 bits per heavy atom. The van der Waals surface area contributed by atoms with Gasteiger partial charge in [-0.25, -0.2) is 0 Å². The third kappa shape index (κ3) is 6.83. The summed E-state index contributed by atoms with van der Waals surface area (Å²) in [5.41, 5.74) is 4.13. The van der Waals surface area contributed by atoms with Crippen LogP contribution in [0.3, 0.4) is 0 Å². The predicted octanol–water partition coefficient (Wildman–Crippen LogP) is 4.60. The smallest absolute Gasteiger partial charge is 0.0694 e. The predicted molar refractivity (Wildman–Crippen MR) is 106 cm³/mol. The molecule has 0 aliphatic heterocycles. The molecule has 1 aromatic rings. The van der Waals surface area contributed by atoms with Crippen molar-refractivity contribution in [1.82, 2.24) is 10.6 Å². The molecule has 0 aliphatic rings. The highest BCUT2D eigenvalue weighted by Gasteiger charge is 2.15. The van der Waals surface area contributed by atoms with Crippen LogP contribution in [0.5, 0.6) is 0 Å². The summed E-state index contributed by atoms with van der Waals surface area (Å²) in [5, 5.41) is 6.83. The van der Waals surface area contributed by atoms with Crippen molar-refractivity contribution >= 4 is 12.6 Å². The summed E-state index contributed by atoms with van der Waals surface area (Å²) in [6, 6.07) is 10.4. The maximum Gasteiger partial charge on any atom is 0.0694 e. The number of benzene rings is 1.